The molecule has 0 saturated heterocycles. The highest BCUT2D eigenvalue weighted by atomic mass is 16.1. The summed E-state index contributed by atoms with van der Waals surface area (Å²) in [6.07, 6.45) is 6.42. The highest BCUT2D eigenvalue weighted by molar-refractivity contribution is 5.69. The third kappa shape index (κ3) is 3.20. The fourth-order valence-electron chi connectivity index (χ4n) is 1.83. The van der Waals surface area contributed by atoms with E-state index in [4.69, 9.17) is 0 Å². The Morgan fingerprint density at radius 1 is 1.12 bits per heavy atom. The van der Waals surface area contributed by atoms with Crippen molar-refractivity contribution in [3.63, 3.8) is 0 Å². The van der Waals surface area contributed by atoms with Crippen LogP contribution in [0.2, 0.25) is 0 Å². The quantitative estimate of drug-likeness (QED) is 0.425. The van der Waals surface area contributed by atoms with Crippen molar-refractivity contribution < 1.29 is 4.79 Å². The molecule has 0 aliphatic heterocycles. The maximum absolute atomic E-state index is 10.3. The number of carbonyl (C=O) groups is 1. The molecule has 0 bridgehead atoms. The third-order valence-corrected chi connectivity index (χ3v) is 2.58. The molecule has 0 aliphatic carbocycles. The lowest BCUT2D eigenvalue weighted by molar-refractivity contribution is -0.104. The molecule has 0 atom stereocenters. The van der Waals surface area contributed by atoms with E-state index in [1.54, 1.807) is 6.08 Å². The molecule has 0 radical (unpaired) electrons. The van der Waals surface area contributed by atoms with Crippen molar-refractivity contribution in [3.05, 3.63) is 52.1 Å². The molecule has 0 amide bonds. The van der Waals surface area contributed by atoms with Gasteiger partial charge in [0.25, 0.3) is 0 Å². The van der Waals surface area contributed by atoms with E-state index in [0.717, 1.165) is 11.9 Å². The Morgan fingerprint density at radius 2 is 1.69 bits per heavy atom. The topological polar surface area (TPSA) is 17.1 Å². The van der Waals surface area contributed by atoms with E-state index in [0.29, 0.717) is 0 Å². The van der Waals surface area contributed by atoms with Crippen molar-refractivity contribution in [1.29, 1.82) is 0 Å². The van der Waals surface area contributed by atoms with Gasteiger partial charge in [0, 0.05) is 0 Å². The van der Waals surface area contributed by atoms with Gasteiger partial charge in [0.15, 0.2) is 0 Å². The minimum atomic E-state index is 0.814. The molecular formula is C15H18O. The van der Waals surface area contributed by atoms with E-state index < -0.39 is 0 Å². The van der Waals surface area contributed by atoms with Crippen LogP contribution in [0, 0.1) is 20.8 Å². The lowest BCUT2D eigenvalue weighted by Crippen LogP contribution is -1.88. The summed E-state index contributed by atoms with van der Waals surface area (Å²) >= 11 is 0. The standard InChI is InChI=1S/C15H18O/c1-11(7-8-16)5-6-15-13(3)9-12(2)10-14(15)4/h5-10H,1-4H3/b6-5+,11-7+. The first kappa shape index (κ1) is 12.4. The number of hydrogen-bond acceptors (Lipinski definition) is 1. The maximum atomic E-state index is 10.3. The molecule has 0 saturated carbocycles. The fraction of sp³-hybridized carbons (Fsp3) is 0.267. The van der Waals surface area contributed by atoms with Crippen LogP contribution in [0.3, 0.4) is 0 Å². The molecule has 1 aromatic rings. The van der Waals surface area contributed by atoms with Crippen LogP contribution in [-0.4, -0.2) is 6.29 Å². The normalized spacial score (nSPS) is 12.1. The van der Waals surface area contributed by atoms with Gasteiger partial charge in [-0.3, -0.25) is 4.79 Å². The molecule has 1 nitrogen and oxygen atoms in total. The molecule has 0 aliphatic rings. The van der Waals surface area contributed by atoms with E-state index in [9.17, 15) is 4.79 Å². The minimum Gasteiger partial charge on any atom is -0.299 e. The molecule has 84 valence electrons. The largest absolute Gasteiger partial charge is 0.299 e. The number of rotatable bonds is 3. The lowest BCUT2D eigenvalue weighted by Gasteiger charge is -2.06. The van der Waals surface area contributed by atoms with Gasteiger partial charge < -0.3 is 0 Å². The molecule has 16 heavy (non-hydrogen) atoms. The van der Waals surface area contributed by atoms with E-state index in [1.165, 1.54) is 22.3 Å². The monoisotopic (exact) mass is 214 g/mol. The molecule has 0 N–H and O–H groups in total. The average Bonchev–Trinajstić information content (AvgIpc) is 2.16. The first-order chi connectivity index (χ1) is 7.54. The van der Waals surface area contributed by atoms with Crippen molar-refractivity contribution in [2.75, 3.05) is 0 Å². The third-order valence-electron chi connectivity index (χ3n) is 2.58. The van der Waals surface area contributed by atoms with Crippen molar-refractivity contribution in [1.82, 2.24) is 0 Å². The molecule has 0 aromatic heterocycles. The van der Waals surface area contributed by atoms with Crippen molar-refractivity contribution in [2.24, 2.45) is 0 Å². The number of aryl methyl sites for hydroxylation is 3. The van der Waals surface area contributed by atoms with E-state index in [1.807, 2.05) is 13.0 Å². The lowest BCUT2D eigenvalue weighted by atomic mass is 9.99. The molecule has 1 rings (SSSR count). The predicted molar refractivity (Wildman–Crippen MR) is 69.5 cm³/mol. The summed E-state index contributed by atoms with van der Waals surface area (Å²) in [4.78, 5) is 10.3. The average molecular weight is 214 g/mol. The smallest absolute Gasteiger partial charge is 0.143 e. The second-order valence-corrected chi connectivity index (χ2v) is 4.19. The molecular weight excluding hydrogens is 196 g/mol. The molecule has 0 unspecified atom stereocenters. The zero-order valence-electron chi connectivity index (χ0n) is 10.4. The van der Waals surface area contributed by atoms with E-state index in [2.05, 4.69) is 39.0 Å². The van der Waals surface area contributed by atoms with Gasteiger partial charge >= 0.3 is 0 Å². The molecule has 1 aromatic carbocycles. The Morgan fingerprint density at radius 3 is 2.19 bits per heavy atom. The number of allylic oxidation sites excluding steroid dienone is 3. The zero-order chi connectivity index (χ0) is 12.1. The maximum Gasteiger partial charge on any atom is 0.143 e. The van der Waals surface area contributed by atoms with Crippen molar-refractivity contribution >= 4 is 12.4 Å². The van der Waals surface area contributed by atoms with Crippen LogP contribution in [0.4, 0.5) is 0 Å². The van der Waals surface area contributed by atoms with Crippen molar-refractivity contribution in [2.45, 2.75) is 27.7 Å². The summed E-state index contributed by atoms with van der Waals surface area (Å²) in [5.74, 6) is 0. The van der Waals surface area contributed by atoms with Gasteiger partial charge in [-0.2, -0.15) is 0 Å². The summed E-state index contributed by atoms with van der Waals surface area (Å²) in [7, 11) is 0. The summed E-state index contributed by atoms with van der Waals surface area (Å²) in [5, 5.41) is 0. The predicted octanol–water partition coefficient (Wildman–Crippen LogP) is 3.77. The fourth-order valence-corrected chi connectivity index (χ4v) is 1.83. The summed E-state index contributed by atoms with van der Waals surface area (Å²) in [6, 6.07) is 4.34. The van der Waals surface area contributed by atoms with Gasteiger partial charge in [0.2, 0.25) is 0 Å². The van der Waals surface area contributed by atoms with E-state index >= 15 is 0 Å². The molecule has 0 fully saturated rings. The molecule has 0 spiro atoms. The van der Waals surface area contributed by atoms with Crippen LogP contribution in [0.15, 0.2) is 29.9 Å². The van der Waals surface area contributed by atoms with Gasteiger partial charge in [-0.15, -0.1) is 0 Å². The van der Waals surface area contributed by atoms with E-state index in [-0.39, 0.29) is 0 Å². The highest BCUT2D eigenvalue weighted by Crippen LogP contribution is 2.18. The van der Waals surface area contributed by atoms with Gasteiger partial charge in [-0.25, -0.2) is 0 Å². The highest BCUT2D eigenvalue weighted by Gasteiger charge is 1.99. The Kier molecular flexibility index (Phi) is 4.24. The number of aldehydes is 1. The van der Waals surface area contributed by atoms with Crippen molar-refractivity contribution in [3.8, 4) is 0 Å². The van der Waals surface area contributed by atoms with Crippen LogP contribution >= 0.6 is 0 Å². The van der Waals surface area contributed by atoms with Gasteiger partial charge in [0.1, 0.15) is 6.29 Å². The number of carbonyl (C=O) groups excluding carboxylic acids is 1. The second-order valence-electron chi connectivity index (χ2n) is 4.19. The molecule has 1 heteroatoms. The number of benzene rings is 1. The first-order valence-electron chi connectivity index (χ1n) is 5.42. The van der Waals surface area contributed by atoms with Gasteiger partial charge in [0.05, 0.1) is 0 Å². The Bertz CT molecular complexity index is 427. The van der Waals surface area contributed by atoms with Crippen LogP contribution in [-0.2, 0) is 4.79 Å². The summed E-state index contributed by atoms with van der Waals surface area (Å²) < 4.78 is 0. The van der Waals surface area contributed by atoms with Crippen LogP contribution in [0.5, 0.6) is 0 Å². The minimum absolute atomic E-state index is 0.814. The van der Waals surface area contributed by atoms with Crippen LogP contribution < -0.4 is 0 Å². The number of hydrogen-bond donors (Lipinski definition) is 0. The van der Waals surface area contributed by atoms with Gasteiger partial charge in [-0.1, -0.05) is 29.8 Å². The van der Waals surface area contributed by atoms with Crippen LogP contribution in [0.25, 0.3) is 6.08 Å². The zero-order valence-corrected chi connectivity index (χ0v) is 10.4. The summed E-state index contributed by atoms with van der Waals surface area (Å²) in [6.45, 7) is 8.24. The van der Waals surface area contributed by atoms with Crippen LogP contribution in [0.1, 0.15) is 29.2 Å². The SMILES string of the molecule is CC(/C=C/c1c(C)cc(C)cc1C)=C\C=O. The first-order valence-corrected chi connectivity index (χ1v) is 5.42. The summed E-state index contributed by atoms with van der Waals surface area (Å²) in [5.41, 5.74) is 6.03. The second kappa shape index (κ2) is 5.45. The molecule has 0 heterocycles. The Balaban J connectivity index is 3.06. The van der Waals surface area contributed by atoms with Gasteiger partial charge in [-0.05, 0) is 56.0 Å². The Hall–Kier alpha value is -1.63. The Labute approximate surface area is 97.5 Å².